The van der Waals surface area contributed by atoms with E-state index in [0.717, 1.165) is 12.8 Å². The minimum Gasteiger partial charge on any atom is -0.507 e. The molecule has 0 radical (unpaired) electrons. The molecule has 1 aromatic rings. The van der Waals surface area contributed by atoms with Gasteiger partial charge in [-0.05, 0) is 25.0 Å². The van der Waals surface area contributed by atoms with Gasteiger partial charge in [-0.2, -0.15) is 0 Å². The molecule has 0 unspecified atom stereocenters. The SMILES string of the molecule is COc1ccc(C(=O)N2CCC(OCCCl)CC2)c(O)c1. The second kappa shape index (κ2) is 7.52. The topological polar surface area (TPSA) is 59.0 Å². The number of aromatic hydroxyl groups is 1. The molecule has 1 heterocycles. The van der Waals surface area contributed by atoms with E-state index in [0.29, 0.717) is 36.9 Å². The van der Waals surface area contributed by atoms with Gasteiger partial charge in [-0.3, -0.25) is 4.79 Å². The van der Waals surface area contributed by atoms with Crippen LogP contribution in [0.2, 0.25) is 0 Å². The molecule has 1 saturated heterocycles. The minimum absolute atomic E-state index is 0.0557. The van der Waals surface area contributed by atoms with E-state index in [1.807, 2.05) is 0 Å². The van der Waals surface area contributed by atoms with Gasteiger partial charge < -0.3 is 19.5 Å². The van der Waals surface area contributed by atoms with Crippen LogP contribution in [0.3, 0.4) is 0 Å². The minimum atomic E-state index is -0.161. The molecule has 1 N–H and O–H groups in total. The molecule has 0 saturated carbocycles. The van der Waals surface area contributed by atoms with Gasteiger partial charge in [-0.25, -0.2) is 0 Å². The summed E-state index contributed by atoms with van der Waals surface area (Å²) in [7, 11) is 1.52. The van der Waals surface area contributed by atoms with Crippen molar-refractivity contribution in [2.75, 3.05) is 32.7 Å². The van der Waals surface area contributed by atoms with E-state index in [-0.39, 0.29) is 17.8 Å². The van der Waals surface area contributed by atoms with Crippen molar-refractivity contribution < 1.29 is 19.4 Å². The number of halogens is 1. The normalized spacial score (nSPS) is 16.0. The fourth-order valence-electron chi connectivity index (χ4n) is 2.43. The molecule has 2 rings (SSSR count). The maximum atomic E-state index is 12.4. The molecular formula is C15H20ClNO4. The summed E-state index contributed by atoms with van der Waals surface area (Å²) in [5.41, 5.74) is 0.302. The Morgan fingerprint density at radius 2 is 2.14 bits per heavy atom. The maximum absolute atomic E-state index is 12.4. The third-order valence-corrected chi connectivity index (χ3v) is 3.75. The number of hydrogen-bond acceptors (Lipinski definition) is 4. The Morgan fingerprint density at radius 1 is 1.43 bits per heavy atom. The van der Waals surface area contributed by atoms with Crippen molar-refractivity contribution in [3.05, 3.63) is 23.8 Å². The van der Waals surface area contributed by atoms with Gasteiger partial charge in [0.25, 0.3) is 5.91 Å². The third kappa shape index (κ3) is 4.02. The Bertz CT molecular complexity index is 487. The zero-order valence-corrected chi connectivity index (χ0v) is 12.8. The van der Waals surface area contributed by atoms with Crippen molar-refractivity contribution in [2.24, 2.45) is 0 Å². The summed E-state index contributed by atoms with van der Waals surface area (Å²) in [4.78, 5) is 14.1. The number of alkyl halides is 1. The molecular weight excluding hydrogens is 294 g/mol. The number of ether oxygens (including phenoxy) is 2. The zero-order chi connectivity index (χ0) is 15.2. The molecule has 116 valence electrons. The highest BCUT2D eigenvalue weighted by molar-refractivity contribution is 6.17. The second-order valence-electron chi connectivity index (χ2n) is 4.93. The van der Waals surface area contributed by atoms with Gasteiger partial charge in [-0.15, -0.1) is 11.6 Å². The molecule has 0 spiro atoms. The number of methoxy groups -OCH3 is 1. The smallest absolute Gasteiger partial charge is 0.257 e. The molecule has 6 heteroatoms. The Balaban J connectivity index is 1.95. The first-order valence-electron chi connectivity index (χ1n) is 6.99. The largest absolute Gasteiger partial charge is 0.507 e. The van der Waals surface area contributed by atoms with Gasteiger partial charge in [0.2, 0.25) is 0 Å². The monoisotopic (exact) mass is 313 g/mol. The van der Waals surface area contributed by atoms with Gasteiger partial charge in [0.15, 0.2) is 0 Å². The average Bonchev–Trinajstić information content (AvgIpc) is 2.52. The number of nitrogens with zero attached hydrogens (tertiary/aromatic N) is 1. The van der Waals surface area contributed by atoms with Crippen molar-refractivity contribution in [3.63, 3.8) is 0 Å². The molecule has 0 atom stereocenters. The lowest BCUT2D eigenvalue weighted by molar-refractivity contribution is 0.0153. The first-order valence-corrected chi connectivity index (χ1v) is 7.53. The highest BCUT2D eigenvalue weighted by Crippen LogP contribution is 2.26. The van der Waals surface area contributed by atoms with Crippen LogP contribution in [-0.2, 0) is 4.74 Å². The van der Waals surface area contributed by atoms with E-state index in [4.69, 9.17) is 21.1 Å². The van der Waals surface area contributed by atoms with Crippen LogP contribution < -0.4 is 4.74 Å². The number of amides is 1. The number of carbonyl (C=O) groups is 1. The molecule has 1 aliphatic heterocycles. The van der Waals surface area contributed by atoms with Gasteiger partial charge in [-0.1, -0.05) is 0 Å². The van der Waals surface area contributed by atoms with Crippen LogP contribution in [0.25, 0.3) is 0 Å². The van der Waals surface area contributed by atoms with E-state index in [9.17, 15) is 9.90 Å². The lowest BCUT2D eigenvalue weighted by Crippen LogP contribution is -2.41. The summed E-state index contributed by atoms with van der Waals surface area (Å²) in [5.74, 6) is 0.793. The third-order valence-electron chi connectivity index (χ3n) is 3.60. The van der Waals surface area contributed by atoms with Crippen LogP contribution in [0.1, 0.15) is 23.2 Å². The molecule has 1 aliphatic rings. The molecule has 0 bridgehead atoms. The maximum Gasteiger partial charge on any atom is 0.257 e. The van der Waals surface area contributed by atoms with Crippen LogP contribution in [0, 0.1) is 0 Å². The Hall–Kier alpha value is -1.46. The van der Waals surface area contributed by atoms with E-state index >= 15 is 0 Å². The van der Waals surface area contributed by atoms with Crippen molar-refractivity contribution in [3.8, 4) is 11.5 Å². The van der Waals surface area contributed by atoms with E-state index in [2.05, 4.69) is 0 Å². The highest BCUT2D eigenvalue weighted by Gasteiger charge is 2.25. The highest BCUT2D eigenvalue weighted by atomic mass is 35.5. The molecule has 21 heavy (non-hydrogen) atoms. The Labute approximate surface area is 129 Å². The van der Waals surface area contributed by atoms with Crippen molar-refractivity contribution in [1.82, 2.24) is 4.90 Å². The number of hydrogen-bond donors (Lipinski definition) is 1. The predicted molar refractivity (Wildman–Crippen MR) is 80.3 cm³/mol. The van der Waals surface area contributed by atoms with Crippen molar-refractivity contribution >= 4 is 17.5 Å². The van der Waals surface area contributed by atoms with Crippen LogP contribution in [0.4, 0.5) is 0 Å². The van der Waals surface area contributed by atoms with Gasteiger partial charge in [0.1, 0.15) is 11.5 Å². The van der Waals surface area contributed by atoms with Crippen LogP contribution >= 0.6 is 11.6 Å². The van der Waals surface area contributed by atoms with Gasteiger partial charge in [0.05, 0.1) is 25.4 Å². The molecule has 5 nitrogen and oxygen atoms in total. The Morgan fingerprint density at radius 3 is 2.71 bits per heavy atom. The fraction of sp³-hybridized carbons (Fsp3) is 0.533. The average molecular weight is 314 g/mol. The molecule has 0 aliphatic carbocycles. The van der Waals surface area contributed by atoms with Crippen molar-refractivity contribution in [1.29, 1.82) is 0 Å². The number of likely N-dealkylation sites (tertiary alicyclic amines) is 1. The number of phenols is 1. The van der Waals surface area contributed by atoms with Crippen molar-refractivity contribution in [2.45, 2.75) is 18.9 Å². The first kappa shape index (κ1) is 15.9. The summed E-state index contributed by atoms with van der Waals surface area (Å²) in [6.45, 7) is 1.79. The van der Waals surface area contributed by atoms with Gasteiger partial charge in [0, 0.05) is 25.0 Å². The molecule has 1 fully saturated rings. The van der Waals surface area contributed by atoms with Gasteiger partial charge >= 0.3 is 0 Å². The Kier molecular flexibility index (Phi) is 5.70. The summed E-state index contributed by atoms with van der Waals surface area (Å²) in [6.07, 6.45) is 1.75. The van der Waals surface area contributed by atoms with Crippen LogP contribution in [0.15, 0.2) is 18.2 Å². The summed E-state index contributed by atoms with van der Waals surface area (Å²) in [6, 6.07) is 4.71. The lowest BCUT2D eigenvalue weighted by atomic mass is 10.1. The van der Waals surface area contributed by atoms with E-state index < -0.39 is 0 Å². The molecule has 1 aromatic carbocycles. The van der Waals surface area contributed by atoms with Crippen LogP contribution in [0.5, 0.6) is 11.5 Å². The lowest BCUT2D eigenvalue weighted by Gasteiger charge is -2.32. The number of rotatable bonds is 5. The summed E-state index contributed by atoms with van der Waals surface area (Å²) >= 11 is 5.59. The number of benzene rings is 1. The number of piperidine rings is 1. The summed E-state index contributed by atoms with van der Waals surface area (Å²) < 4.78 is 10.6. The quantitative estimate of drug-likeness (QED) is 0.847. The van der Waals surface area contributed by atoms with E-state index in [1.165, 1.54) is 13.2 Å². The zero-order valence-electron chi connectivity index (χ0n) is 12.0. The first-order chi connectivity index (χ1) is 10.2. The van der Waals surface area contributed by atoms with E-state index in [1.54, 1.807) is 17.0 Å². The molecule has 0 aromatic heterocycles. The fourth-order valence-corrected chi connectivity index (χ4v) is 2.52. The molecule has 1 amide bonds. The summed E-state index contributed by atoms with van der Waals surface area (Å²) in [5, 5.41) is 9.92. The number of phenolic OH excluding ortho intramolecular Hbond substituents is 1. The second-order valence-corrected chi connectivity index (χ2v) is 5.31. The standard InChI is InChI=1S/C15H20ClNO4/c1-20-12-2-3-13(14(18)10-12)15(19)17-7-4-11(5-8-17)21-9-6-16/h2-3,10-11,18H,4-9H2,1H3. The number of carbonyl (C=O) groups excluding carboxylic acids is 1. The predicted octanol–water partition coefficient (Wildman–Crippen LogP) is 2.26. The van der Waals surface area contributed by atoms with Crippen LogP contribution in [-0.4, -0.2) is 54.7 Å².